The van der Waals surface area contributed by atoms with Crippen LogP contribution in [0.25, 0.3) is 5.69 Å². The van der Waals surface area contributed by atoms with E-state index in [1.807, 2.05) is 46.8 Å². The summed E-state index contributed by atoms with van der Waals surface area (Å²) in [6, 6.07) is 9.97. The molecule has 0 bridgehead atoms. The third-order valence-electron chi connectivity index (χ3n) is 5.63. The van der Waals surface area contributed by atoms with Crippen molar-refractivity contribution < 1.29 is 9.59 Å². The smallest absolute Gasteiger partial charge is 0.237 e. The molecule has 0 unspecified atom stereocenters. The molecular formula is C22H29N5O2S. The van der Waals surface area contributed by atoms with Gasteiger partial charge in [-0.25, -0.2) is 4.68 Å². The molecule has 0 spiro atoms. The fourth-order valence-electron chi connectivity index (χ4n) is 4.10. The number of rotatable bonds is 8. The van der Waals surface area contributed by atoms with Gasteiger partial charge in [0.25, 0.3) is 0 Å². The Morgan fingerprint density at radius 3 is 2.70 bits per heavy atom. The Kier molecular flexibility index (Phi) is 6.74. The number of nitrogens with zero attached hydrogens (tertiary/aromatic N) is 4. The lowest BCUT2D eigenvalue weighted by molar-refractivity contribution is -0.121. The zero-order valence-corrected chi connectivity index (χ0v) is 18.3. The van der Waals surface area contributed by atoms with Crippen molar-refractivity contribution in [3.8, 4) is 5.69 Å². The van der Waals surface area contributed by atoms with E-state index < -0.39 is 0 Å². The number of hydrogen-bond acceptors (Lipinski definition) is 5. The maximum absolute atomic E-state index is 12.6. The lowest BCUT2D eigenvalue weighted by Gasteiger charge is -2.27. The monoisotopic (exact) mass is 427 g/mol. The van der Waals surface area contributed by atoms with Gasteiger partial charge in [-0.3, -0.25) is 9.59 Å². The van der Waals surface area contributed by atoms with Crippen molar-refractivity contribution in [2.75, 3.05) is 43.4 Å². The SMILES string of the molecule is Cc1nn(-c2ccccc2)c2c1N(CCCC(=O)NCCN1CCCC1)C(=O)CS2. The molecule has 4 rings (SSSR count). The number of thioether (sulfide) groups is 1. The average Bonchev–Trinajstić information content (AvgIpc) is 3.38. The van der Waals surface area contributed by atoms with Crippen molar-refractivity contribution >= 4 is 29.3 Å². The number of carbonyl (C=O) groups excluding carboxylic acids is 2. The summed E-state index contributed by atoms with van der Waals surface area (Å²) in [5.74, 6) is 0.537. The van der Waals surface area contributed by atoms with Crippen molar-refractivity contribution in [2.45, 2.75) is 37.6 Å². The minimum absolute atomic E-state index is 0.0601. The molecule has 1 aromatic carbocycles. The molecule has 2 aliphatic rings. The van der Waals surface area contributed by atoms with Gasteiger partial charge in [-0.05, 0) is 51.4 Å². The first-order valence-electron chi connectivity index (χ1n) is 10.7. The topological polar surface area (TPSA) is 70.5 Å². The van der Waals surface area contributed by atoms with Gasteiger partial charge < -0.3 is 15.1 Å². The molecule has 0 aliphatic carbocycles. The molecule has 1 N–H and O–H groups in total. The molecular weight excluding hydrogens is 398 g/mol. The summed E-state index contributed by atoms with van der Waals surface area (Å²) < 4.78 is 1.92. The number of carbonyl (C=O) groups is 2. The minimum Gasteiger partial charge on any atom is -0.355 e. The number of amides is 2. The number of nitrogens with one attached hydrogen (secondary N) is 1. The molecule has 2 aromatic rings. The van der Waals surface area contributed by atoms with Crippen molar-refractivity contribution in [2.24, 2.45) is 0 Å². The van der Waals surface area contributed by atoms with Crippen LogP contribution in [-0.2, 0) is 9.59 Å². The van der Waals surface area contributed by atoms with Crippen LogP contribution in [0.5, 0.6) is 0 Å². The van der Waals surface area contributed by atoms with E-state index in [2.05, 4.69) is 15.3 Å². The van der Waals surface area contributed by atoms with Gasteiger partial charge in [0, 0.05) is 26.1 Å². The largest absolute Gasteiger partial charge is 0.355 e. The third-order valence-corrected chi connectivity index (χ3v) is 6.66. The molecule has 160 valence electrons. The third kappa shape index (κ3) is 4.70. The van der Waals surface area contributed by atoms with E-state index in [1.54, 1.807) is 0 Å². The van der Waals surface area contributed by atoms with Crippen LogP contribution >= 0.6 is 11.8 Å². The Bertz CT molecular complexity index is 892. The van der Waals surface area contributed by atoms with Crippen LogP contribution in [0.15, 0.2) is 35.4 Å². The summed E-state index contributed by atoms with van der Waals surface area (Å²) in [5, 5.41) is 8.69. The molecule has 2 aliphatic heterocycles. The van der Waals surface area contributed by atoms with Gasteiger partial charge in [-0.15, -0.1) is 0 Å². The van der Waals surface area contributed by atoms with E-state index in [-0.39, 0.29) is 11.8 Å². The fourth-order valence-corrected chi connectivity index (χ4v) is 5.18. The van der Waals surface area contributed by atoms with Gasteiger partial charge >= 0.3 is 0 Å². The molecule has 1 aromatic heterocycles. The number of aromatic nitrogens is 2. The summed E-state index contributed by atoms with van der Waals surface area (Å²) >= 11 is 1.53. The number of para-hydroxylation sites is 1. The number of aryl methyl sites for hydroxylation is 1. The van der Waals surface area contributed by atoms with Crippen LogP contribution in [0.2, 0.25) is 0 Å². The van der Waals surface area contributed by atoms with Gasteiger partial charge in [-0.2, -0.15) is 5.10 Å². The summed E-state index contributed by atoms with van der Waals surface area (Å²) in [6.07, 6.45) is 3.59. The molecule has 0 radical (unpaired) electrons. The number of likely N-dealkylation sites (tertiary alicyclic amines) is 1. The lowest BCUT2D eigenvalue weighted by atomic mass is 10.2. The van der Waals surface area contributed by atoms with E-state index in [9.17, 15) is 9.59 Å². The van der Waals surface area contributed by atoms with Gasteiger partial charge in [0.15, 0.2) is 0 Å². The Labute approximate surface area is 181 Å². The van der Waals surface area contributed by atoms with Crippen LogP contribution in [0.3, 0.4) is 0 Å². The van der Waals surface area contributed by atoms with Crippen molar-refractivity contribution in [3.05, 3.63) is 36.0 Å². The number of anilines is 1. The zero-order chi connectivity index (χ0) is 20.9. The minimum atomic E-state index is 0.0601. The van der Waals surface area contributed by atoms with Crippen LogP contribution in [-0.4, -0.2) is 65.0 Å². The second-order valence-electron chi connectivity index (χ2n) is 7.82. The van der Waals surface area contributed by atoms with Gasteiger partial charge in [0.05, 0.1) is 22.8 Å². The lowest BCUT2D eigenvalue weighted by Crippen LogP contribution is -2.37. The molecule has 8 heteroatoms. The van der Waals surface area contributed by atoms with E-state index in [4.69, 9.17) is 0 Å². The van der Waals surface area contributed by atoms with E-state index >= 15 is 0 Å². The highest BCUT2D eigenvalue weighted by Gasteiger charge is 2.31. The molecule has 2 amide bonds. The summed E-state index contributed by atoms with van der Waals surface area (Å²) in [6.45, 7) is 6.38. The molecule has 3 heterocycles. The van der Waals surface area contributed by atoms with Crippen molar-refractivity contribution in [1.29, 1.82) is 0 Å². The molecule has 0 atom stereocenters. The normalized spacial score (nSPS) is 16.7. The quantitative estimate of drug-likeness (QED) is 0.701. The van der Waals surface area contributed by atoms with Crippen LogP contribution in [0, 0.1) is 6.92 Å². The number of hydrogen-bond donors (Lipinski definition) is 1. The number of benzene rings is 1. The standard InChI is InChI=1S/C22H29N5O2S/c1-17-21-22(27(24-17)18-8-3-2-4-9-18)30-16-20(29)26(21)14-7-10-19(28)23-11-15-25-12-5-6-13-25/h2-4,8-9H,5-7,10-16H2,1H3,(H,23,28). The Morgan fingerprint density at radius 2 is 1.93 bits per heavy atom. The van der Waals surface area contributed by atoms with E-state index in [0.29, 0.717) is 31.7 Å². The first-order chi connectivity index (χ1) is 14.6. The van der Waals surface area contributed by atoms with E-state index in [0.717, 1.165) is 41.7 Å². The molecule has 1 fully saturated rings. The van der Waals surface area contributed by atoms with Gasteiger partial charge in [-0.1, -0.05) is 30.0 Å². The Hall–Kier alpha value is -2.32. The number of fused-ring (bicyclic) bond motifs is 1. The second-order valence-corrected chi connectivity index (χ2v) is 8.79. The first kappa shape index (κ1) is 20.9. The highest BCUT2D eigenvalue weighted by atomic mass is 32.2. The van der Waals surface area contributed by atoms with Crippen LogP contribution in [0.4, 0.5) is 5.69 Å². The second kappa shape index (κ2) is 9.66. The molecule has 30 heavy (non-hydrogen) atoms. The predicted octanol–water partition coefficient (Wildman–Crippen LogP) is 2.61. The molecule has 0 saturated carbocycles. The first-order valence-corrected chi connectivity index (χ1v) is 11.7. The van der Waals surface area contributed by atoms with Gasteiger partial charge in [0.1, 0.15) is 5.03 Å². The highest BCUT2D eigenvalue weighted by Crippen LogP contribution is 2.39. The maximum atomic E-state index is 12.6. The maximum Gasteiger partial charge on any atom is 0.237 e. The molecule has 7 nitrogen and oxygen atoms in total. The Morgan fingerprint density at radius 1 is 1.17 bits per heavy atom. The fraction of sp³-hybridized carbons (Fsp3) is 0.500. The zero-order valence-electron chi connectivity index (χ0n) is 17.5. The summed E-state index contributed by atoms with van der Waals surface area (Å²) in [7, 11) is 0. The van der Waals surface area contributed by atoms with Crippen LogP contribution < -0.4 is 10.2 Å². The summed E-state index contributed by atoms with van der Waals surface area (Å²) in [4.78, 5) is 29.0. The average molecular weight is 428 g/mol. The van der Waals surface area contributed by atoms with Crippen LogP contribution in [0.1, 0.15) is 31.4 Å². The molecule has 1 saturated heterocycles. The van der Waals surface area contributed by atoms with Gasteiger partial charge in [0.2, 0.25) is 11.8 Å². The summed E-state index contributed by atoms with van der Waals surface area (Å²) in [5.41, 5.74) is 2.71. The van der Waals surface area contributed by atoms with Crippen molar-refractivity contribution in [1.82, 2.24) is 20.0 Å². The highest BCUT2D eigenvalue weighted by molar-refractivity contribution is 8.00. The Balaban J connectivity index is 1.34. The van der Waals surface area contributed by atoms with Crippen molar-refractivity contribution in [3.63, 3.8) is 0 Å². The van der Waals surface area contributed by atoms with E-state index in [1.165, 1.54) is 24.6 Å². The predicted molar refractivity (Wildman–Crippen MR) is 119 cm³/mol.